The average molecular weight is 266 g/mol. The third-order valence-corrected chi connectivity index (χ3v) is 3.96. The van der Waals surface area contributed by atoms with Gasteiger partial charge in [-0.15, -0.1) is 0 Å². The Bertz CT molecular complexity index is 647. The number of benzene rings is 1. The molecule has 1 aliphatic rings. The number of hydrogen-bond donors (Lipinski definition) is 1. The van der Waals surface area contributed by atoms with Crippen LogP contribution in [0.3, 0.4) is 0 Å². The Morgan fingerprint density at radius 3 is 2.83 bits per heavy atom. The lowest BCUT2D eigenvalue weighted by Gasteiger charge is -1.96. The molecule has 1 heterocycles. The number of aliphatic carboxylic acids is 1. The molecule has 1 fully saturated rings. The van der Waals surface area contributed by atoms with Crippen molar-refractivity contribution in [1.82, 2.24) is 4.98 Å². The summed E-state index contributed by atoms with van der Waals surface area (Å²) >= 11 is 5.88. The van der Waals surface area contributed by atoms with E-state index in [1.54, 1.807) is 18.2 Å². The maximum Gasteiger partial charge on any atom is 0.307 e. The molecule has 1 aliphatic carbocycles. The first kappa shape index (κ1) is 11.5. The molecule has 0 radical (unpaired) electrons. The van der Waals surface area contributed by atoms with Gasteiger partial charge in [-0.2, -0.15) is 0 Å². The molecule has 1 aromatic carbocycles. The topological polar surface area (TPSA) is 63.3 Å². The van der Waals surface area contributed by atoms with E-state index in [1.807, 2.05) is 13.8 Å². The number of rotatable bonds is 2. The van der Waals surface area contributed by atoms with Gasteiger partial charge in [-0.3, -0.25) is 4.79 Å². The van der Waals surface area contributed by atoms with Crippen LogP contribution in [0.4, 0.5) is 0 Å². The lowest BCUT2D eigenvalue weighted by atomic mass is 10.1. The second kappa shape index (κ2) is 3.48. The van der Waals surface area contributed by atoms with Crippen LogP contribution in [0, 0.1) is 11.3 Å². The Morgan fingerprint density at radius 2 is 2.22 bits per heavy atom. The quantitative estimate of drug-likeness (QED) is 0.905. The molecule has 2 unspecified atom stereocenters. The first-order chi connectivity index (χ1) is 8.41. The van der Waals surface area contributed by atoms with Gasteiger partial charge in [0.1, 0.15) is 5.52 Å². The van der Waals surface area contributed by atoms with Gasteiger partial charge in [0.05, 0.1) is 11.8 Å². The highest BCUT2D eigenvalue weighted by Crippen LogP contribution is 2.64. The van der Waals surface area contributed by atoms with E-state index in [0.717, 1.165) is 0 Å². The van der Waals surface area contributed by atoms with E-state index in [1.165, 1.54) is 0 Å². The van der Waals surface area contributed by atoms with Gasteiger partial charge in [-0.05, 0) is 23.6 Å². The standard InChI is InChI=1S/C13H12ClNO3/c1-13(2)9(10(13)12(16)17)11-15-7-5-6(14)3-4-8(7)18-11/h3-5,9-10H,1-2H3,(H,16,17). The van der Waals surface area contributed by atoms with Crippen LogP contribution in [0.2, 0.25) is 5.02 Å². The average Bonchev–Trinajstić information content (AvgIpc) is 2.66. The molecule has 18 heavy (non-hydrogen) atoms. The number of hydrogen-bond acceptors (Lipinski definition) is 3. The number of halogens is 1. The SMILES string of the molecule is CC1(C)C(C(=O)O)C1c1nc2cc(Cl)ccc2o1. The fourth-order valence-corrected chi connectivity index (χ4v) is 2.78. The third kappa shape index (κ3) is 1.52. The Balaban J connectivity index is 2.04. The molecular formula is C13H12ClNO3. The number of carbonyl (C=O) groups is 1. The lowest BCUT2D eigenvalue weighted by Crippen LogP contribution is -2.03. The van der Waals surface area contributed by atoms with Crippen molar-refractivity contribution in [2.45, 2.75) is 19.8 Å². The van der Waals surface area contributed by atoms with Crippen LogP contribution in [0.25, 0.3) is 11.1 Å². The predicted molar refractivity (Wildman–Crippen MR) is 66.7 cm³/mol. The molecule has 0 aliphatic heterocycles. The van der Waals surface area contributed by atoms with Gasteiger partial charge in [0, 0.05) is 5.02 Å². The molecule has 2 atom stereocenters. The molecule has 3 rings (SSSR count). The number of fused-ring (bicyclic) bond motifs is 1. The summed E-state index contributed by atoms with van der Waals surface area (Å²) in [6.07, 6.45) is 0. The first-order valence-electron chi connectivity index (χ1n) is 5.70. The first-order valence-corrected chi connectivity index (χ1v) is 6.08. The van der Waals surface area contributed by atoms with Crippen molar-refractivity contribution in [3.63, 3.8) is 0 Å². The number of carboxylic acid groups (broad SMARTS) is 1. The smallest absolute Gasteiger partial charge is 0.307 e. The maximum absolute atomic E-state index is 11.1. The third-order valence-electron chi connectivity index (χ3n) is 3.73. The Kier molecular flexibility index (Phi) is 2.23. The van der Waals surface area contributed by atoms with Crippen LogP contribution in [0.1, 0.15) is 25.7 Å². The van der Waals surface area contributed by atoms with E-state index in [9.17, 15) is 4.79 Å². The summed E-state index contributed by atoms with van der Waals surface area (Å²) in [7, 11) is 0. The van der Waals surface area contributed by atoms with E-state index in [0.29, 0.717) is 22.0 Å². The molecule has 94 valence electrons. The maximum atomic E-state index is 11.1. The molecule has 0 saturated heterocycles. The van der Waals surface area contributed by atoms with Crippen molar-refractivity contribution in [2.75, 3.05) is 0 Å². The van der Waals surface area contributed by atoms with Crippen LogP contribution in [-0.2, 0) is 4.79 Å². The van der Waals surface area contributed by atoms with Gasteiger partial charge in [0.15, 0.2) is 11.5 Å². The molecule has 1 N–H and O–H groups in total. The second-order valence-electron chi connectivity index (χ2n) is 5.28. The van der Waals surface area contributed by atoms with Crippen LogP contribution >= 0.6 is 11.6 Å². The molecule has 1 saturated carbocycles. The molecule has 0 spiro atoms. The van der Waals surface area contributed by atoms with Crippen LogP contribution in [0.5, 0.6) is 0 Å². The normalized spacial score (nSPS) is 25.3. The summed E-state index contributed by atoms with van der Waals surface area (Å²) in [6.45, 7) is 3.83. The molecule has 1 aromatic heterocycles. The lowest BCUT2D eigenvalue weighted by molar-refractivity contribution is -0.139. The highest BCUT2D eigenvalue weighted by Gasteiger charge is 2.65. The summed E-state index contributed by atoms with van der Waals surface area (Å²) in [4.78, 5) is 15.5. The zero-order valence-electron chi connectivity index (χ0n) is 9.98. The Hall–Kier alpha value is -1.55. The van der Waals surface area contributed by atoms with Crippen molar-refractivity contribution in [3.05, 3.63) is 29.1 Å². The molecule has 4 nitrogen and oxygen atoms in total. The number of carboxylic acids is 1. The van der Waals surface area contributed by atoms with Gasteiger partial charge in [-0.1, -0.05) is 25.4 Å². The van der Waals surface area contributed by atoms with E-state index in [2.05, 4.69) is 4.98 Å². The van der Waals surface area contributed by atoms with Crippen molar-refractivity contribution in [2.24, 2.45) is 11.3 Å². The fourth-order valence-electron chi connectivity index (χ4n) is 2.61. The monoisotopic (exact) mass is 265 g/mol. The summed E-state index contributed by atoms with van der Waals surface area (Å²) < 4.78 is 5.63. The van der Waals surface area contributed by atoms with Crippen molar-refractivity contribution in [3.8, 4) is 0 Å². The summed E-state index contributed by atoms with van der Waals surface area (Å²) in [5.74, 6) is -0.905. The highest BCUT2D eigenvalue weighted by molar-refractivity contribution is 6.31. The second-order valence-corrected chi connectivity index (χ2v) is 5.72. The van der Waals surface area contributed by atoms with Crippen molar-refractivity contribution in [1.29, 1.82) is 0 Å². The number of nitrogens with zero attached hydrogens (tertiary/aromatic N) is 1. The number of oxazole rings is 1. The minimum absolute atomic E-state index is 0.166. The van der Waals surface area contributed by atoms with E-state index in [4.69, 9.17) is 21.1 Å². The molecule has 5 heteroatoms. The van der Waals surface area contributed by atoms with Crippen LogP contribution < -0.4 is 0 Å². The zero-order chi connectivity index (χ0) is 13.1. The molecule has 0 amide bonds. The molecule has 2 aromatic rings. The minimum atomic E-state index is -0.801. The van der Waals surface area contributed by atoms with Gasteiger partial charge in [0.25, 0.3) is 0 Å². The van der Waals surface area contributed by atoms with Gasteiger partial charge < -0.3 is 9.52 Å². The van der Waals surface area contributed by atoms with Gasteiger partial charge in [-0.25, -0.2) is 4.98 Å². The fraction of sp³-hybridized carbons (Fsp3) is 0.385. The molecular weight excluding hydrogens is 254 g/mol. The Morgan fingerprint density at radius 1 is 1.50 bits per heavy atom. The highest BCUT2D eigenvalue weighted by atomic mass is 35.5. The summed E-state index contributed by atoms with van der Waals surface area (Å²) in [5, 5.41) is 9.74. The van der Waals surface area contributed by atoms with E-state index < -0.39 is 11.9 Å². The minimum Gasteiger partial charge on any atom is -0.481 e. The van der Waals surface area contributed by atoms with E-state index >= 15 is 0 Å². The van der Waals surface area contributed by atoms with Gasteiger partial charge in [0.2, 0.25) is 0 Å². The molecule has 0 bridgehead atoms. The van der Waals surface area contributed by atoms with Crippen molar-refractivity contribution >= 4 is 28.7 Å². The van der Waals surface area contributed by atoms with Crippen LogP contribution in [-0.4, -0.2) is 16.1 Å². The zero-order valence-corrected chi connectivity index (χ0v) is 10.7. The van der Waals surface area contributed by atoms with E-state index in [-0.39, 0.29) is 11.3 Å². The van der Waals surface area contributed by atoms with Gasteiger partial charge >= 0.3 is 5.97 Å². The van der Waals surface area contributed by atoms with Crippen molar-refractivity contribution < 1.29 is 14.3 Å². The largest absolute Gasteiger partial charge is 0.481 e. The number of aromatic nitrogens is 1. The summed E-state index contributed by atoms with van der Waals surface area (Å²) in [6, 6.07) is 5.19. The summed E-state index contributed by atoms with van der Waals surface area (Å²) in [5.41, 5.74) is 1.00. The van der Waals surface area contributed by atoms with Crippen LogP contribution in [0.15, 0.2) is 22.6 Å². The predicted octanol–water partition coefficient (Wildman–Crippen LogP) is 3.31. The Labute approximate surface area is 109 Å².